The largest absolute Gasteiger partial charge is 0.381 e. The van der Waals surface area contributed by atoms with Crippen molar-refractivity contribution in [2.24, 2.45) is 0 Å². The fourth-order valence-corrected chi connectivity index (χ4v) is 3.76. The second-order valence-electron chi connectivity index (χ2n) is 7.12. The van der Waals surface area contributed by atoms with Crippen LogP contribution in [-0.2, 0) is 14.9 Å². The molecule has 25 heavy (non-hydrogen) atoms. The first kappa shape index (κ1) is 17.7. The standard InChI is InChI=1S/C22H27NO2/c1-16-9-10-17(2)20(15-16)18(3)23-21(24)22(11-13-25-14-12-22)19-7-5-4-6-8-19/h4-10,15,18H,11-14H2,1-3H3,(H,23,24)/t18-/m0/s1. The van der Waals surface area contributed by atoms with Crippen molar-refractivity contribution < 1.29 is 9.53 Å². The molecule has 3 rings (SSSR count). The number of rotatable bonds is 4. The minimum atomic E-state index is -0.495. The zero-order valence-electron chi connectivity index (χ0n) is 15.3. The summed E-state index contributed by atoms with van der Waals surface area (Å²) in [7, 11) is 0. The van der Waals surface area contributed by atoms with Gasteiger partial charge in [-0.15, -0.1) is 0 Å². The molecule has 0 bridgehead atoms. The molecule has 0 spiro atoms. The van der Waals surface area contributed by atoms with Gasteiger partial charge in [0.25, 0.3) is 0 Å². The molecule has 1 heterocycles. The smallest absolute Gasteiger partial charge is 0.231 e. The Labute approximate surface area is 150 Å². The number of ether oxygens (including phenoxy) is 1. The van der Waals surface area contributed by atoms with Gasteiger partial charge in [-0.2, -0.15) is 0 Å². The van der Waals surface area contributed by atoms with Crippen molar-refractivity contribution in [2.75, 3.05) is 13.2 Å². The van der Waals surface area contributed by atoms with E-state index in [1.807, 2.05) is 18.2 Å². The summed E-state index contributed by atoms with van der Waals surface area (Å²) in [6.07, 6.45) is 1.45. The van der Waals surface area contributed by atoms with Crippen LogP contribution in [0, 0.1) is 13.8 Å². The Kier molecular flexibility index (Phi) is 5.24. The van der Waals surface area contributed by atoms with Gasteiger partial charge in [0.05, 0.1) is 11.5 Å². The molecule has 1 aliphatic heterocycles. The van der Waals surface area contributed by atoms with E-state index in [2.05, 4.69) is 56.4 Å². The van der Waals surface area contributed by atoms with Gasteiger partial charge in [-0.1, -0.05) is 54.1 Å². The highest BCUT2D eigenvalue weighted by molar-refractivity contribution is 5.88. The molecule has 1 fully saturated rings. The van der Waals surface area contributed by atoms with Crippen LogP contribution >= 0.6 is 0 Å². The van der Waals surface area contributed by atoms with E-state index in [4.69, 9.17) is 4.74 Å². The van der Waals surface area contributed by atoms with E-state index in [0.717, 1.165) is 18.4 Å². The van der Waals surface area contributed by atoms with Crippen molar-refractivity contribution in [2.45, 2.75) is 45.1 Å². The van der Waals surface area contributed by atoms with E-state index in [1.165, 1.54) is 16.7 Å². The van der Waals surface area contributed by atoms with E-state index in [1.54, 1.807) is 0 Å². The van der Waals surface area contributed by atoms with E-state index < -0.39 is 5.41 Å². The molecule has 0 unspecified atom stereocenters. The summed E-state index contributed by atoms with van der Waals surface area (Å²) < 4.78 is 5.54. The van der Waals surface area contributed by atoms with Crippen LogP contribution in [0.4, 0.5) is 0 Å². The average molecular weight is 337 g/mol. The lowest BCUT2D eigenvalue weighted by Crippen LogP contribution is -2.48. The summed E-state index contributed by atoms with van der Waals surface area (Å²) >= 11 is 0. The first-order chi connectivity index (χ1) is 12.0. The van der Waals surface area contributed by atoms with Crippen molar-refractivity contribution in [3.05, 3.63) is 70.8 Å². The Bertz CT molecular complexity index is 733. The van der Waals surface area contributed by atoms with Gasteiger partial charge in [0.1, 0.15) is 0 Å². The van der Waals surface area contributed by atoms with Crippen molar-refractivity contribution in [1.82, 2.24) is 5.32 Å². The molecule has 1 amide bonds. The third-order valence-corrected chi connectivity index (χ3v) is 5.36. The number of carbonyl (C=O) groups is 1. The van der Waals surface area contributed by atoms with Crippen LogP contribution in [0.2, 0.25) is 0 Å². The van der Waals surface area contributed by atoms with Crippen LogP contribution < -0.4 is 5.32 Å². The summed E-state index contributed by atoms with van der Waals surface area (Å²) in [6.45, 7) is 7.50. The predicted molar refractivity (Wildman–Crippen MR) is 101 cm³/mol. The van der Waals surface area contributed by atoms with Crippen LogP contribution in [-0.4, -0.2) is 19.1 Å². The number of hydrogen-bond donors (Lipinski definition) is 1. The fraction of sp³-hybridized carbons (Fsp3) is 0.409. The van der Waals surface area contributed by atoms with E-state index >= 15 is 0 Å². The van der Waals surface area contributed by atoms with E-state index in [-0.39, 0.29) is 11.9 Å². The highest BCUT2D eigenvalue weighted by atomic mass is 16.5. The van der Waals surface area contributed by atoms with Crippen molar-refractivity contribution in [1.29, 1.82) is 0 Å². The third kappa shape index (κ3) is 3.62. The molecule has 2 aromatic carbocycles. The summed E-state index contributed by atoms with van der Waals surface area (Å²) in [5.74, 6) is 0.107. The molecule has 0 aliphatic carbocycles. The van der Waals surface area contributed by atoms with Gasteiger partial charge in [-0.05, 0) is 50.3 Å². The summed E-state index contributed by atoms with van der Waals surface area (Å²) in [5.41, 5.74) is 4.20. The lowest BCUT2D eigenvalue weighted by atomic mass is 9.73. The molecule has 3 heteroatoms. The summed E-state index contributed by atoms with van der Waals surface area (Å²) in [4.78, 5) is 13.3. The Balaban J connectivity index is 1.87. The number of nitrogens with one attached hydrogen (secondary N) is 1. The van der Waals surface area contributed by atoms with Crippen LogP contribution in [0.15, 0.2) is 48.5 Å². The minimum absolute atomic E-state index is 0.0177. The van der Waals surface area contributed by atoms with Crippen LogP contribution in [0.5, 0.6) is 0 Å². The zero-order chi connectivity index (χ0) is 17.9. The quantitative estimate of drug-likeness (QED) is 0.907. The lowest BCUT2D eigenvalue weighted by Gasteiger charge is -2.37. The van der Waals surface area contributed by atoms with Gasteiger partial charge in [-0.25, -0.2) is 0 Å². The highest BCUT2D eigenvalue weighted by Gasteiger charge is 2.42. The molecular formula is C22H27NO2. The monoisotopic (exact) mass is 337 g/mol. The van der Waals surface area contributed by atoms with E-state index in [9.17, 15) is 4.79 Å². The Morgan fingerprint density at radius 1 is 1.08 bits per heavy atom. The van der Waals surface area contributed by atoms with Crippen LogP contribution in [0.25, 0.3) is 0 Å². The topological polar surface area (TPSA) is 38.3 Å². The molecule has 132 valence electrons. The number of carbonyl (C=O) groups excluding carboxylic acids is 1. The van der Waals surface area contributed by atoms with Crippen molar-refractivity contribution in [3.63, 3.8) is 0 Å². The molecular weight excluding hydrogens is 310 g/mol. The second kappa shape index (κ2) is 7.40. The fourth-order valence-electron chi connectivity index (χ4n) is 3.76. The molecule has 0 aromatic heterocycles. The Morgan fingerprint density at radius 3 is 2.44 bits per heavy atom. The minimum Gasteiger partial charge on any atom is -0.381 e. The van der Waals surface area contributed by atoms with Gasteiger partial charge >= 0.3 is 0 Å². The lowest BCUT2D eigenvalue weighted by molar-refractivity contribution is -0.131. The molecule has 1 saturated heterocycles. The first-order valence-electron chi connectivity index (χ1n) is 9.04. The van der Waals surface area contributed by atoms with Gasteiger partial charge in [-0.3, -0.25) is 4.79 Å². The normalized spacial score (nSPS) is 17.7. The van der Waals surface area contributed by atoms with Gasteiger partial charge in [0.15, 0.2) is 0 Å². The maximum Gasteiger partial charge on any atom is 0.231 e. The van der Waals surface area contributed by atoms with E-state index in [0.29, 0.717) is 13.2 Å². The number of benzene rings is 2. The Morgan fingerprint density at radius 2 is 1.76 bits per heavy atom. The van der Waals surface area contributed by atoms with Gasteiger partial charge in [0.2, 0.25) is 5.91 Å². The predicted octanol–water partition coefficient (Wildman–Crippen LogP) is 4.23. The molecule has 0 saturated carbocycles. The molecule has 0 radical (unpaired) electrons. The summed E-state index contributed by atoms with van der Waals surface area (Å²) in [5, 5.41) is 3.28. The maximum absolute atomic E-state index is 13.3. The maximum atomic E-state index is 13.3. The molecule has 2 aromatic rings. The van der Waals surface area contributed by atoms with Gasteiger partial charge in [0, 0.05) is 13.2 Å². The summed E-state index contributed by atoms with van der Waals surface area (Å²) in [6, 6.07) is 16.5. The zero-order valence-corrected chi connectivity index (χ0v) is 15.3. The van der Waals surface area contributed by atoms with Crippen LogP contribution in [0.3, 0.4) is 0 Å². The molecule has 1 atom stereocenters. The van der Waals surface area contributed by atoms with Crippen LogP contribution in [0.1, 0.15) is 48.1 Å². The molecule has 1 N–H and O–H groups in total. The first-order valence-corrected chi connectivity index (χ1v) is 9.04. The van der Waals surface area contributed by atoms with Crippen molar-refractivity contribution in [3.8, 4) is 0 Å². The number of aryl methyl sites for hydroxylation is 2. The Hall–Kier alpha value is -2.13. The highest BCUT2D eigenvalue weighted by Crippen LogP contribution is 2.36. The van der Waals surface area contributed by atoms with Crippen molar-refractivity contribution >= 4 is 5.91 Å². The third-order valence-electron chi connectivity index (χ3n) is 5.36. The second-order valence-corrected chi connectivity index (χ2v) is 7.12. The molecule has 1 aliphatic rings. The SMILES string of the molecule is Cc1ccc(C)c([C@H](C)NC(=O)C2(c3ccccc3)CCOCC2)c1. The van der Waals surface area contributed by atoms with Gasteiger partial charge < -0.3 is 10.1 Å². The number of hydrogen-bond acceptors (Lipinski definition) is 2. The average Bonchev–Trinajstić information content (AvgIpc) is 2.64. The molecule has 3 nitrogen and oxygen atoms in total. The number of amides is 1.